The molecule has 0 radical (unpaired) electrons. The van der Waals surface area contributed by atoms with E-state index in [9.17, 15) is 0 Å². The van der Waals surface area contributed by atoms with E-state index in [1.807, 2.05) is 0 Å². The number of rotatable bonds is 0. The second-order valence-electron chi connectivity index (χ2n) is 0.803. The summed E-state index contributed by atoms with van der Waals surface area (Å²) in [6.45, 7) is 0. The van der Waals surface area contributed by atoms with E-state index < -0.39 is 22.2 Å². The van der Waals surface area contributed by atoms with Gasteiger partial charge in [-0.1, -0.05) is 22.2 Å². The number of hydrogen-bond donors (Lipinski definition) is 0. The summed E-state index contributed by atoms with van der Waals surface area (Å²) in [5.74, 6) is 0. The van der Waals surface area contributed by atoms with Crippen LogP contribution >= 0.6 is 0 Å². The molecule has 0 aromatic carbocycles. The SMILES string of the molecule is CS(=O)[O-].CS(=O)[O-].[Zn+2]. The van der Waals surface area contributed by atoms with Crippen LogP contribution in [0.1, 0.15) is 0 Å². The van der Waals surface area contributed by atoms with Crippen LogP contribution in [0.15, 0.2) is 0 Å². The van der Waals surface area contributed by atoms with Crippen molar-refractivity contribution >= 4 is 22.2 Å². The Balaban J connectivity index is -0.0000000720. The molecule has 0 heterocycles. The molecular formula is C2H6O4S2Zn. The Kier molecular flexibility index (Phi) is 21.2. The van der Waals surface area contributed by atoms with Crippen LogP contribution in [0.4, 0.5) is 0 Å². The molecule has 0 aliphatic rings. The van der Waals surface area contributed by atoms with Crippen LogP contribution in [-0.4, -0.2) is 30.0 Å². The zero-order valence-electron chi connectivity index (χ0n) is 5.16. The molecule has 0 N–H and O–H groups in total. The molecule has 0 aliphatic carbocycles. The largest absolute Gasteiger partial charge is 2.00 e. The fourth-order valence-electron chi connectivity index (χ4n) is 0. The van der Waals surface area contributed by atoms with Crippen LogP contribution in [0.25, 0.3) is 0 Å². The average Bonchev–Trinajstić information content (AvgIpc) is 1.25. The third kappa shape index (κ3) is 582. The van der Waals surface area contributed by atoms with Crippen molar-refractivity contribution in [3.05, 3.63) is 0 Å². The molecular weight excluding hydrogens is 218 g/mol. The van der Waals surface area contributed by atoms with Gasteiger partial charge < -0.3 is 9.11 Å². The molecule has 0 aromatic rings. The molecule has 0 bridgehead atoms. The Morgan fingerprint density at radius 2 is 1.00 bits per heavy atom. The summed E-state index contributed by atoms with van der Waals surface area (Å²) >= 11 is -3.72. The van der Waals surface area contributed by atoms with E-state index in [2.05, 4.69) is 0 Å². The van der Waals surface area contributed by atoms with Crippen LogP contribution in [0.3, 0.4) is 0 Å². The monoisotopic (exact) mass is 222 g/mol. The van der Waals surface area contributed by atoms with Gasteiger partial charge >= 0.3 is 19.5 Å². The van der Waals surface area contributed by atoms with Crippen molar-refractivity contribution in [1.29, 1.82) is 0 Å². The van der Waals surface area contributed by atoms with Crippen molar-refractivity contribution in [2.75, 3.05) is 12.5 Å². The quantitative estimate of drug-likeness (QED) is 0.389. The average molecular weight is 224 g/mol. The summed E-state index contributed by atoms with van der Waals surface area (Å²) in [7, 11) is 0. The van der Waals surface area contributed by atoms with Crippen molar-refractivity contribution in [2.45, 2.75) is 0 Å². The molecule has 7 heteroatoms. The van der Waals surface area contributed by atoms with Gasteiger partial charge in [-0.25, -0.2) is 0 Å². The van der Waals surface area contributed by atoms with Gasteiger partial charge in [0.25, 0.3) is 0 Å². The third-order valence-corrected chi connectivity index (χ3v) is 0. The molecule has 0 aliphatic heterocycles. The first-order valence-electron chi connectivity index (χ1n) is 1.48. The fraction of sp³-hybridized carbons (Fsp3) is 1.00. The molecule has 4 nitrogen and oxygen atoms in total. The Morgan fingerprint density at radius 3 is 1.00 bits per heavy atom. The second kappa shape index (κ2) is 11.6. The zero-order valence-corrected chi connectivity index (χ0v) is 9.76. The Bertz CT molecular complexity index is 74.6. The molecule has 0 aromatic heterocycles. The molecule has 0 spiro atoms. The molecule has 0 saturated heterocycles. The second-order valence-corrected chi connectivity index (χ2v) is 2.41. The Labute approximate surface area is 71.7 Å². The normalized spacial score (nSPS) is 13.8. The van der Waals surface area contributed by atoms with Gasteiger partial charge in [0.05, 0.1) is 0 Å². The van der Waals surface area contributed by atoms with Gasteiger partial charge in [0.1, 0.15) is 0 Å². The van der Waals surface area contributed by atoms with E-state index in [0.717, 1.165) is 12.5 Å². The van der Waals surface area contributed by atoms with Crippen LogP contribution in [-0.2, 0) is 41.6 Å². The van der Waals surface area contributed by atoms with Gasteiger partial charge in [-0.2, -0.15) is 0 Å². The Morgan fingerprint density at radius 1 is 1.00 bits per heavy atom. The molecule has 0 amide bonds. The molecule has 2 atom stereocenters. The first-order chi connectivity index (χ1) is 3.46. The molecule has 0 saturated carbocycles. The van der Waals surface area contributed by atoms with Crippen molar-refractivity contribution in [1.82, 2.24) is 0 Å². The minimum absolute atomic E-state index is 0. The Hall–Kier alpha value is 0.843. The maximum atomic E-state index is 9.00. The van der Waals surface area contributed by atoms with Gasteiger partial charge in [0.2, 0.25) is 0 Å². The topological polar surface area (TPSA) is 80.3 Å². The number of hydrogen-bond acceptors (Lipinski definition) is 4. The first-order valence-corrected chi connectivity index (χ1v) is 4.45. The zero-order chi connectivity index (χ0) is 7.15. The van der Waals surface area contributed by atoms with Gasteiger partial charge in [-0.3, -0.25) is 8.42 Å². The standard InChI is InChI=1S/2CH4O2S.Zn/c2*1-4(2)3;/h2*1H3,(H,2,3);/q;;+2/p-2. The van der Waals surface area contributed by atoms with E-state index in [-0.39, 0.29) is 19.5 Å². The molecule has 9 heavy (non-hydrogen) atoms. The maximum absolute atomic E-state index is 9.00. The van der Waals surface area contributed by atoms with Gasteiger partial charge in [-0.05, 0) is 12.5 Å². The van der Waals surface area contributed by atoms with Crippen molar-refractivity contribution in [3.63, 3.8) is 0 Å². The summed E-state index contributed by atoms with van der Waals surface area (Å²) in [6.07, 6.45) is 2.17. The van der Waals surface area contributed by atoms with E-state index in [4.69, 9.17) is 17.5 Å². The minimum Gasteiger partial charge on any atom is -0.773 e. The predicted octanol–water partition coefficient (Wildman–Crippen LogP) is -1.01. The van der Waals surface area contributed by atoms with E-state index >= 15 is 0 Å². The fourth-order valence-corrected chi connectivity index (χ4v) is 0. The molecule has 52 valence electrons. The van der Waals surface area contributed by atoms with Gasteiger partial charge in [0.15, 0.2) is 0 Å². The minimum atomic E-state index is -1.86. The van der Waals surface area contributed by atoms with Crippen molar-refractivity contribution in [2.24, 2.45) is 0 Å². The summed E-state index contributed by atoms with van der Waals surface area (Å²) in [5, 5.41) is 0. The van der Waals surface area contributed by atoms with Crippen LogP contribution in [0, 0.1) is 0 Å². The summed E-state index contributed by atoms with van der Waals surface area (Å²) < 4.78 is 36.0. The summed E-state index contributed by atoms with van der Waals surface area (Å²) in [4.78, 5) is 0. The van der Waals surface area contributed by atoms with E-state index in [0.29, 0.717) is 0 Å². The van der Waals surface area contributed by atoms with Crippen molar-refractivity contribution in [3.8, 4) is 0 Å². The van der Waals surface area contributed by atoms with Crippen LogP contribution in [0.2, 0.25) is 0 Å². The van der Waals surface area contributed by atoms with E-state index in [1.165, 1.54) is 0 Å². The van der Waals surface area contributed by atoms with Gasteiger partial charge in [-0.15, -0.1) is 0 Å². The molecule has 0 rings (SSSR count). The van der Waals surface area contributed by atoms with Crippen molar-refractivity contribution < 1.29 is 37.0 Å². The summed E-state index contributed by atoms with van der Waals surface area (Å²) in [5.41, 5.74) is 0. The van der Waals surface area contributed by atoms with Gasteiger partial charge in [0, 0.05) is 0 Å². The van der Waals surface area contributed by atoms with Crippen LogP contribution in [0.5, 0.6) is 0 Å². The van der Waals surface area contributed by atoms with Crippen LogP contribution < -0.4 is 0 Å². The van der Waals surface area contributed by atoms with E-state index in [1.54, 1.807) is 0 Å². The first kappa shape index (κ1) is 16.4. The predicted molar refractivity (Wildman–Crippen MR) is 29.7 cm³/mol. The smallest absolute Gasteiger partial charge is 0.773 e. The molecule has 2 unspecified atom stereocenters. The molecule has 0 fully saturated rings. The third-order valence-electron chi connectivity index (χ3n) is 0. The summed E-state index contributed by atoms with van der Waals surface area (Å²) in [6, 6.07) is 0. The maximum Gasteiger partial charge on any atom is 2.00 e.